The van der Waals surface area contributed by atoms with Crippen LogP contribution in [0.3, 0.4) is 0 Å². The third-order valence-electron chi connectivity index (χ3n) is 3.81. The number of rotatable bonds is 3. The Hall–Kier alpha value is -2.54. The molecule has 0 bridgehead atoms. The monoisotopic (exact) mass is 347 g/mol. The van der Waals surface area contributed by atoms with E-state index in [1.165, 1.54) is 0 Å². The quantitative estimate of drug-likeness (QED) is 0.796. The number of nitrogens with zero attached hydrogens (tertiary/aromatic N) is 2. The van der Waals surface area contributed by atoms with Crippen LogP contribution in [0.25, 0.3) is 5.69 Å². The molecule has 2 aromatic rings. The molecule has 0 spiro atoms. The molecule has 24 heavy (non-hydrogen) atoms. The number of benzene rings is 1. The molecular weight excluding hydrogens is 330 g/mol. The maximum atomic E-state index is 12.3. The minimum absolute atomic E-state index is 0.152. The first-order chi connectivity index (χ1) is 11.6. The molecule has 1 aromatic carbocycles. The first kappa shape index (κ1) is 16.3. The number of carbonyl (C=O) groups excluding carboxylic acids is 2. The van der Waals surface area contributed by atoms with E-state index in [0.717, 1.165) is 12.8 Å². The first-order valence-electron chi connectivity index (χ1n) is 7.79. The van der Waals surface area contributed by atoms with Crippen molar-refractivity contribution < 1.29 is 9.59 Å². The van der Waals surface area contributed by atoms with Gasteiger partial charge in [-0.25, -0.2) is 9.48 Å². The molecule has 126 valence electrons. The Balaban J connectivity index is 1.75. The molecule has 1 aliphatic rings. The fourth-order valence-corrected chi connectivity index (χ4v) is 2.90. The number of amides is 3. The number of hydrogen-bond donors (Lipinski definition) is 3. The standard InChI is InChI=1S/C16H18ClN5O2/c17-11-5-3-7-12(14(11)22-10-4-9-19-22)20-16(24)21-13-6-1-2-8-18-15(13)23/h3-5,7,9-10,13H,1-2,6,8H2,(H,18,23)(H2,20,21,24). The van der Waals surface area contributed by atoms with E-state index in [4.69, 9.17) is 11.6 Å². The number of para-hydroxylation sites is 1. The fraction of sp³-hybridized carbons (Fsp3) is 0.312. The highest BCUT2D eigenvalue weighted by molar-refractivity contribution is 6.33. The lowest BCUT2D eigenvalue weighted by atomic mass is 10.1. The van der Waals surface area contributed by atoms with Crippen LogP contribution < -0.4 is 16.0 Å². The number of anilines is 1. The fourth-order valence-electron chi connectivity index (χ4n) is 2.64. The highest BCUT2D eigenvalue weighted by atomic mass is 35.5. The summed E-state index contributed by atoms with van der Waals surface area (Å²) in [6, 6.07) is 5.98. The first-order valence-corrected chi connectivity index (χ1v) is 8.17. The summed E-state index contributed by atoms with van der Waals surface area (Å²) >= 11 is 6.24. The molecule has 8 heteroatoms. The zero-order chi connectivity index (χ0) is 16.9. The van der Waals surface area contributed by atoms with E-state index >= 15 is 0 Å². The van der Waals surface area contributed by atoms with Crippen molar-refractivity contribution in [2.75, 3.05) is 11.9 Å². The van der Waals surface area contributed by atoms with Crippen molar-refractivity contribution in [3.8, 4) is 5.69 Å². The van der Waals surface area contributed by atoms with Gasteiger partial charge >= 0.3 is 6.03 Å². The third kappa shape index (κ3) is 3.68. The van der Waals surface area contributed by atoms with Crippen molar-refractivity contribution in [1.82, 2.24) is 20.4 Å². The summed E-state index contributed by atoms with van der Waals surface area (Å²) in [5.41, 5.74) is 1.09. The lowest BCUT2D eigenvalue weighted by Gasteiger charge is -2.17. The van der Waals surface area contributed by atoms with Gasteiger partial charge in [-0.2, -0.15) is 5.10 Å². The number of halogens is 1. The van der Waals surface area contributed by atoms with Gasteiger partial charge in [0.05, 0.1) is 10.7 Å². The highest BCUT2D eigenvalue weighted by Crippen LogP contribution is 2.27. The van der Waals surface area contributed by atoms with E-state index in [0.29, 0.717) is 29.4 Å². The van der Waals surface area contributed by atoms with Crippen LogP contribution in [-0.2, 0) is 4.79 Å². The van der Waals surface area contributed by atoms with E-state index in [2.05, 4.69) is 21.0 Å². The Bertz CT molecular complexity index is 732. The van der Waals surface area contributed by atoms with E-state index < -0.39 is 12.1 Å². The molecule has 1 saturated heterocycles. The maximum absolute atomic E-state index is 12.3. The summed E-state index contributed by atoms with van der Waals surface area (Å²) in [6.45, 7) is 0.649. The number of urea groups is 1. The summed E-state index contributed by atoms with van der Waals surface area (Å²) in [6.07, 6.45) is 5.80. The minimum Gasteiger partial charge on any atom is -0.354 e. The maximum Gasteiger partial charge on any atom is 0.319 e. The van der Waals surface area contributed by atoms with Gasteiger partial charge in [-0.3, -0.25) is 4.79 Å². The van der Waals surface area contributed by atoms with Crippen LogP contribution in [0, 0.1) is 0 Å². The number of carbonyl (C=O) groups is 2. The van der Waals surface area contributed by atoms with Gasteiger partial charge in [0.1, 0.15) is 11.7 Å². The summed E-state index contributed by atoms with van der Waals surface area (Å²) in [7, 11) is 0. The van der Waals surface area contributed by atoms with Crippen molar-refractivity contribution in [2.45, 2.75) is 25.3 Å². The molecule has 2 heterocycles. The molecule has 1 fully saturated rings. The number of aromatic nitrogens is 2. The molecule has 3 rings (SSSR count). The molecule has 1 aromatic heterocycles. The molecule has 1 unspecified atom stereocenters. The van der Waals surface area contributed by atoms with Crippen LogP contribution in [0.2, 0.25) is 5.02 Å². The Labute approximate surface area is 144 Å². The SMILES string of the molecule is O=C(Nc1cccc(Cl)c1-n1cccn1)NC1CCCCNC1=O. The smallest absolute Gasteiger partial charge is 0.319 e. The highest BCUT2D eigenvalue weighted by Gasteiger charge is 2.23. The Kier molecular flexibility index (Phi) is 5.00. The van der Waals surface area contributed by atoms with Gasteiger partial charge in [0.15, 0.2) is 0 Å². The summed E-state index contributed by atoms with van der Waals surface area (Å²) in [4.78, 5) is 24.2. The van der Waals surface area contributed by atoms with Crippen LogP contribution in [0.15, 0.2) is 36.7 Å². The molecule has 3 N–H and O–H groups in total. The van der Waals surface area contributed by atoms with Crippen LogP contribution in [-0.4, -0.2) is 34.3 Å². The van der Waals surface area contributed by atoms with Crippen molar-refractivity contribution in [3.05, 3.63) is 41.7 Å². The molecular formula is C16H18ClN5O2. The topological polar surface area (TPSA) is 88.1 Å². The van der Waals surface area contributed by atoms with E-state index in [9.17, 15) is 9.59 Å². The molecule has 0 radical (unpaired) electrons. The van der Waals surface area contributed by atoms with Crippen molar-refractivity contribution >= 4 is 29.2 Å². The second-order valence-corrected chi connectivity index (χ2v) is 5.93. The predicted octanol–water partition coefficient (Wildman–Crippen LogP) is 2.32. The van der Waals surface area contributed by atoms with Gasteiger partial charge in [0.25, 0.3) is 0 Å². The van der Waals surface area contributed by atoms with Crippen molar-refractivity contribution in [3.63, 3.8) is 0 Å². The van der Waals surface area contributed by atoms with Crippen LogP contribution in [0.1, 0.15) is 19.3 Å². The second kappa shape index (κ2) is 7.35. The second-order valence-electron chi connectivity index (χ2n) is 5.52. The summed E-state index contributed by atoms with van der Waals surface area (Å²) in [5, 5.41) is 12.9. The minimum atomic E-state index is -0.528. The van der Waals surface area contributed by atoms with Crippen LogP contribution in [0.5, 0.6) is 0 Å². The Morgan fingerprint density at radius 1 is 1.33 bits per heavy atom. The van der Waals surface area contributed by atoms with Crippen molar-refractivity contribution in [2.24, 2.45) is 0 Å². The summed E-state index contributed by atoms with van der Waals surface area (Å²) < 4.78 is 1.58. The average molecular weight is 348 g/mol. The van der Waals surface area contributed by atoms with E-state index in [1.807, 2.05) is 0 Å². The molecule has 0 saturated carbocycles. The lowest BCUT2D eigenvalue weighted by molar-refractivity contribution is -0.122. The number of nitrogens with one attached hydrogen (secondary N) is 3. The average Bonchev–Trinajstić information content (AvgIpc) is 3.00. The predicted molar refractivity (Wildman–Crippen MR) is 91.4 cm³/mol. The van der Waals surface area contributed by atoms with E-state index in [1.54, 1.807) is 41.3 Å². The van der Waals surface area contributed by atoms with Gasteiger partial charge in [-0.05, 0) is 37.5 Å². The molecule has 3 amide bonds. The molecule has 1 aliphatic heterocycles. The zero-order valence-corrected chi connectivity index (χ0v) is 13.7. The molecule has 1 atom stereocenters. The van der Waals surface area contributed by atoms with Gasteiger partial charge < -0.3 is 16.0 Å². The summed E-state index contributed by atoms with van der Waals surface area (Å²) in [5.74, 6) is -0.152. The zero-order valence-electron chi connectivity index (χ0n) is 13.0. The van der Waals surface area contributed by atoms with Gasteiger partial charge in [0, 0.05) is 18.9 Å². The molecule has 7 nitrogen and oxygen atoms in total. The Morgan fingerprint density at radius 3 is 3.00 bits per heavy atom. The normalized spacial score (nSPS) is 17.7. The Morgan fingerprint density at radius 2 is 2.21 bits per heavy atom. The lowest BCUT2D eigenvalue weighted by Crippen LogP contribution is -2.47. The van der Waals surface area contributed by atoms with Crippen LogP contribution >= 0.6 is 11.6 Å². The largest absolute Gasteiger partial charge is 0.354 e. The van der Waals surface area contributed by atoms with Gasteiger partial charge in [-0.15, -0.1) is 0 Å². The van der Waals surface area contributed by atoms with Crippen molar-refractivity contribution in [1.29, 1.82) is 0 Å². The third-order valence-corrected chi connectivity index (χ3v) is 4.11. The van der Waals surface area contributed by atoms with Crippen LogP contribution in [0.4, 0.5) is 10.5 Å². The van der Waals surface area contributed by atoms with E-state index in [-0.39, 0.29) is 5.91 Å². The number of hydrogen-bond acceptors (Lipinski definition) is 3. The molecule has 0 aliphatic carbocycles. The van der Waals surface area contributed by atoms with Gasteiger partial charge in [0.2, 0.25) is 5.91 Å². The van der Waals surface area contributed by atoms with Gasteiger partial charge in [-0.1, -0.05) is 17.7 Å².